The Kier molecular flexibility index (Phi) is 4.18. The minimum Gasteiger partial charge on any atom is -0.481 e. The maximum Gasteiger partial charge on any atom is 0.303 e. The highest BCUT2D eigenvalue weighted by atomic mass is 32.1. The first-order chi connectivity index (χ1) is 9.69. The van der Waals surface area contributed by atoms with Gasteiger partial charge in [-0.2, -0.15) is 0 Å². The summed E-state index contributed by atoms with van der Waals surface area (Å²) in [5.41, 5.74) is 0.430. The summed E-state index contributed by atoms with van der Waals surface area (Å²) >= 11 is 1.46. The second kappa shape index (κ2) is 5.60. The molecule has 0 saturated carbocycles. The minimum atomic E-state index is -0.846. The molecule has 0 unspecified atom stereocenters. The molecular weight excluding hydrogens is 288 g/mol. The number of hydrogen-bond acceptors (Lipinski definition) is 4. The Morgan fingerprint density at radius 1 is 1.48 bits per heavy atom. The number of rotatable bonds is 5. The highest BCUT2D eigenvalue weighted by Crippen LogP contribution is 2.29. The van der Waals surface area contributed by atoms with Gasteiger partial charge in [0.05, 0.1) is 11.8 Å². The van der Waals surface area contributed by atoms with Crippen LogP contribution in [0.3, 0.4) is 0 Å². The Bertz CT molecular complexity index is 728. The number of aliphatic carboxylic acids is 1. The number of aromatic nitrogens is 2. The number of thiophene rings is 1. The average Bonchev–Trinajstić information content (AvgIpc) is 2.70. The Labute approximate surface area is 127 Å². The zero-order chi connectivity index (χ0) is 15.8. The molecule has 2 heterocycles. The first-order valence-electron chi connectivity index (χ1n) is 6.92. The summed E-state index contributed by atoms with van der Waals surface area (Å²) in [4.78, 5) is 31.2. The summed E-state index contributed by atoms with van der Waals surface area (Å²) in [7, 11) is 0. The largest absolute Gasteiger partial charge is 0.481 e. The lowest BCUT2D eigenvalue weighted by Crippen LogP contribution is -2.23. The maximum atomic E-state index is 12.3. The van der Waals surface area contributed by atoms with Crippen molar-refractivity contribution in [3.8, 4) is 0 Å². The number of carboxylic acid groups (broad SMARTS) is 1. The van der Waals surface area contributed by atoms with E-state index in [0.29, 0.717) is 17.6 Å². The summed E-state index contributed by atoms with van der Waals surface area (Å²) in [6, 6.07) is 0. The molecule has 5 nitrogen and oxygen atoms in total. The topological polar surface area (TPSA) is 83.0 Å². The van der Waals surface area contributed by atoms with Crippen LogP contribution in [0.1, 0.15) is 51.4 Å². The average molecular weight is 308 g/mol. The van der Waals surface area contributed by atoms with E-state index in [1.54, 1.807) is 0 Å². The molecule has 21 heavy (non-hydrogen) atoms. The Balaban J connectivity index is 2.40. The van der Waals surface area contributed by atoms with Gasteiger partial charge in [-0.15, -0.1) is 11.3 Å². The number of nitrogens with zero attached hydrogens (tertiary/aromatic N) is 1. The fourth-order valence-electron chi connectivity index (χ4n) is 2.45. The monoisotopic (exact) mass is 308 g/mol. The summed E-state index contributed by atoms with van der Waals surface area (Å²) < 4.78 is 0. The maximum absolute atomic E-state index is 12.3. The first kappa shape index (κ1) is 15.7. The zero-order valence-electron chi connectivity index (χ0n) is 12.7. The summed E-state index contributed by atoms with van der Waals surface area (Å²) in [6.45, 7) is 7.81. The van der Waals surface area contributed by atoms with Gasteiger partial charge < -0.3 is 10.1 Å². The van der Waals surface area contributed by atoms with Crippen molar-refractivity contribution >= 4 is 27.5 Å². The van der Waals surface area contributed by atoms with Crippen molar-refractivity contribution in [3.05, 3.63) is 27.1 Å². The molecule has 2 N–H and O–H groups in total. The van der Waals surface area contributed by atoms with E-state index in [1.807, 2.05) is 33.1 Å². The fourth-order valence-corrected chi connectivity index (χ4v) is 3.57. The van der Waals surface area contributed by atoms with Gasteiger partial charge in [0, 0.05) is 6.42 Å². The molecule has 0 aliphatic carbocycles. The highest BCUT2D eigenvalue weighted by molar-refractivity contribution is 7.16. The lowest BCUT2D eigenvalue weighted by atomic mass is 9.85. The number of fused-ring (bicyclic) bond motifs is 1. The predicted octanol–water partition coefficient (Wildman–Crippen LogP) is 3.15. The minimum absolute atomic E-state index is 0.0381. The van der Waals surface area contributed by atoms with Gasteiger partial charge >= 0.3 is 5.97 Å². The Hall–Kier alpha value is -1.69. The van der Waals surface area contributed by atoms with E-state index in [1.165, 1.54) is 11.3 Å². The van der Waals surface area contributed by atoms with Crippen LogP contribution in [0.15, 0.2) is 10.2 Å². The third kappa shape index (κ3) is 3.50. The van der Waals surface area contributed by atoms with E-state index in [9.17, 15) is 9.59 Å². The van der Waals surface area contributed by atoms with E-state index in [-0.39, 0.29) is 17.9 Å². The molecule has 0 aliphatic rings. The molecule has 0 aliphatic heterocycles. The molecule has 0 bridgehead atoms. The molecule has 0 spiro atoms. The highest BCUT2D eigenvalue weighted by Gasteiger charge is 2.24. The van der Waals surface area contributed by atoms with Crippen LogP contribution in [0.25, 0.3) is 10.2 Å². The number of H-pyrrole nitrogens is 1. The predicted molar refractivity (Wildman–Crippen MR) is 84.1 cm³/mol. The van der Waals surface area contributed by atoms with Crippen molar-refractivity contribution in [2.45, 2.75) is 46.5 Å². The summed E-state index contributed by atoms with van der Waals surface area (Å²) in [5, 5.41) is 11.6. The van der Waals surface area contributed by atoms with Gasteiger partial charge in [-0.05, 0) is 22.3 Å². The van der Waals surface area contributed by atoms with Crippen LogP contribution in [0, 0.1) is 5.41 Å². The van der Waals surface area contributed by atoms with Crippen LogP contribution < -0.4 is 5.56 Å². The van der Waals surface area contributed by atoms with Gasteiger partial charge in [0.1, 0.15) is 10.7 Å². The third-order valence-corrected chi connectivity index (χ3v) is 4.31. The molecule has 2 rings (SSSR count). The molecular formula is C15H20N2O3S. The zero-order valence-corrected chi connectivity index (χ0v) is 13.5. The van der Waals surface area contributed by atoms with Crippen molar-refractivity contribution in [3.63, 3.8) is 0 Å². The standard InChI is InChI=1S/C15H20N2O3S/c1-8(2)9-7-21-14-12(9)13(20)16-10(17-14)5-15(3,4)6-11(18)19/h7-8H,5-6H2,1-4H3,(H,18,19)(H,16,17,20). The normalized spacial score (nSPS) is 12.2. The quantitative estimate of drug-likeness (QED) is 0.888. The summed E-state index contributed by atoms with van der Waals surface area (Å²) in [5.74, 6) is -0.0199. The molecule has 0 saturated heterocycles. The van der Waals surface area contributed by atoms with Crippen LogP contribution in [-0.4, -0.2) is 21.0 Å². The molecule has 2 aromatic rings. The number of hydrogen-bond donors (Lipinski definition) is 2. The van der Waals surface area contributed by atoms with Gasteiger partial charge in [-0.3, -0.25) is 9.59 Å². The Morgan fingerprint density at radius 2 is 2.14 bits per heavy atom. The van der Waals surface area contributed by atoms with Crippen molar-refractivity contribution in [2.75, 3.05) is 0 Å². The van der Waals surface area contributed by atoms with E-state index >= 15 is 0 Å². The van der Waals surface area contributed by atoms with E-state index in [4.69, 9.17) is 5.11 Å². The SMILES string of the molecule is CC(C)c1csc2nc(CC(C)(C)CC(=O)O)[nH]c(=O)c12. The van der Waals surface area contributed by atoms with Gasteiger partial charge in [-0.1, -0.05) is 27.7 Å². The molecule has 0 fully saturated rings. The number of aromatic amines is 1. The molecule has 0 atom stereocenters. The first-order valence-corrected chi connectivity index (χ1v) is 7.79. The Morgan fingerprint density at radius 3 is 2.71 bits per heavy atom. The molecule has 0 radical (unpaired) electrons. The second-order valence-electron chi connectivity index (χ2n) is 6.45. The van der Waals surface area contributed by atoms with Crippen LogP contribution in [0.5, 0.6) is 0 Å². The number of carbonyl (C=O) groups is 1. The lowest BCUT2D eigenvalue weighted by molar-refractivity contribution is -0.139. The van der Waals surface area contributed by atoms with Crippen LogP contribution in [-0.2, 0) is 11.2 Å². The molecule has 6 heteroatoms. The van der Waals surface area contributed by atoms with Gasteiger partial charge in [-0.25, -0.2) is 4.98 Å². The number of nitrogens with one attached hydrogen (secondary N) is 1. The van der Waals surface area contributed by atoms with Crippen LogP contribution >= 0.6 is 11.3 Å². The molecule has 0 aromatic carbocycles. The lowest BCUT2D eigenvalue weighted by Gasteiger charge is -2.21. The number of carboxylic acids is 1. The van der Waals surface area contributed by atoms with E-state index < -0.39 is 11.4 Å². The third-order valence-electron chi connectivity index (χ3n) is 3.42. The van der Waals surface area contributed by atoms with Crippen molar-refractivity contribution < 1.29 is 9.90 Å². The van der Waals surface area contributed by atoms with Crippen molar-refractivity contribution in [1.29, 1.82) is 0 Å². The van der Waals surface area contributed by atoms with Crippen molar-refractivity contribution in [2.24, 2.45) is 5.41 Å². The van der Waals surface area contributed by atoms with Crippen LogP contribution in [0.2, 0.25) is 0 Å². The summed E-state index contributed by atoms with van der Waals surface area (Å²) in [6.07, 6.45) is 0.468. The molecule has 2 aromatic heterocycles. The fraction of sp³-hybridized carbons (Fsp3) is 0.533. The smallest absolute Gasteiger partial charge is 0.303 e. The van der Waals surface area contributed by atoms with Gasteiger partial charge in [0.25, 0.3) is 5.56 Å². The molecule has 0 amide bonds. The van der Waals surface area contributed by atoms with E-state index in [2.05, 4.69) is 9.97 Å². The van der Waals surface area contributed by atoms with Crippen LogP contribution in [0.4, 0.5) is 0 Å². The second-order valence-corrected chi connectivity index (χ2v) is 7.31. The molecule has 114 valence electrons. The van der Waals surface area contributed by atoms with Crippen molar-refractivity contribution in [1.82, 2.24) is 9.97 Å². The van der Waals surface area contributed by atoms with Gasteiger partial charge in [0.2, 0.25) is 0 Å². The van der Waals surface area contributed by atoms with Gasteiger partial charge in [0.15, 0.2) is 0 Å². The van der Waals surface area contributed by atoms with E-state index in [0.717, 1.165) is 10.4 Å².